The number of aromatic hydroxyl groups is 3. The quantitative estimate of drug-likeness (QED) is 0.0593. The number of rotatable bonds is 9. The molecule has 6 aromatic rings. The predicted molar refractivity (Wildman–Crippen MR) is 334 cm³/mol. The molecule has 8 atom stereocenters. The highest BCUT2D eigenvalue weighted by Crippen LogP contribution is 2.65. The minimum atomic E-state index is -0.785. The van der Waals surface area contributed by atoms with E-state index in [-0.39, 0.29) is 88.5 Å². The number of dihydropyridines is 1. The fourth-order valence-corrected chi connectivity index (χ4v) is 16.6. The van der Waals surface area contributed by atoms with Crippen molar-refractivity contribution in [1.29, 1.82) is 0 Å². The summed E-state index contributed by atoms with van der Waals surface area (Å²) < 4.78 is 20.7. The van der Waals surface area contributed by atoms with Crippen molar-refractivity contribution in [2.45, 2.75) is 147 Å². The SMILES string of the molecule is COc1cc(C2CC(=O)CC(OC(C)=O)CCC34Cc5c[nH]cc5C(C#CCC3=CC=CC4C)C(c3cccc(O)c3)C3=CCNC(=C3)N(CCC(C)=O)c3ccc4c5c(n2cc35)CC2(CCC3(CCCC3)C2)C4O)cc(O)c1Oc1cccc(O)c1. The van der Waals surface area contributed by atoms with E-state index in [1.54, 1.807) is 37.3 Å². The minimum absolute atomic E-state index is 0.0164. The summed E-state index contributed by atoms with van der Waals surface area (Å²) >= 11 is 0. The number of aliphatic hydroxyl groups excluding tert-OH is 1. The second kappa shape index (κ2) is 23.0. The van der Waals surface area contributed by atoms with Crippen molar-refractivity contribution < 1.29 is 49.0 Å². The number of esters is 1. The number of ketones is 2. The van der Waals surface area contributed by atoms with Crippen LogP contribution < -0.4 is 19.7 Å². The fourth-order valence-electron chi connectivity index (χ4n) is 16.6. The number of anilines is 1. The zero-order chi connectivity index (χ0) is 60.4. The average molecular weight is 1170 g/mol. The molecule has 2 aromatic heterocycles. The van der Waals surface area contributed by atoms with E-state index in [2.05, 4.69) is 106 Å². The number of carbonyl (C=O) groups is 3. The van der Waals surface area contributed by atoms with Crippen LogP contribution in [0.3, 0.4) is 0 Å². The van der Waals surface area contributed by atoms with E-state index in [4.69, 9.17) is 14.2 Å². The molecule has 2 saturated carbocycles. The van der Waals surface area contributed by atoms with Crippen LogP contribution in [0.2, 0.25) is 0 Å². The number of phenols is 3. The molecular weight excluding hydrogens is 1090 g/mol. The molecule has 14 heteroatoms. The molecule has 2 fully saturated rings. The number of aliphatic hydroxyl groups is 1. The molecule has 0 saturated heterocycles. The van der Waals surface area contributed by atoms with Gasteiger partial charge in [-0.25, -0.2) is 0 Å². The Morgan fingerprint density at radius 3 is 2.48 bits per heavy atom. The lowest BCUT2D eigenvalue weighted by Gasteiger charge is -2.43. The third-order valence-electron chi connectivity index (χ3n) is 20.8. The molecule has 0 amide bonds. The summed E-state index contributed by atoms with van der Waals surface area (Å²) in [5.41, 5.74) is 7.49. The molecule has 14 nitrogen and oxygen atoms in total. The number of aromatic amines is 1. The summed E-state index contributed by atoms with van der Waals surface area (Å²) in [6.45, 7) is 6.00. The van der Waals surface area contributed by atoms with Crippen LogP contribution in [0.5, 0.6) is 34.5 Å². The van der Waals surface area contributed by atoms with Gasteiger partial charge in [0.2, 0.25) is 5.75 Å². The average Bonchev–Trinajstić information content (AvgIpc) is 1.58. The van der Waals surface area contributed by atoms with Crippen LogP contribution in [0.1, 0.15) is 162 Å². The number of allylic oxidation sites excluding steroid dienone is 6. The highest BCUT2D eigenvalue weighted by molar-refractivity contribution is 6.00. The number of H-pyrrole nitrogens is 1. The van der Waals surface area contributed by atoms with E-state index >= 15 is 4.79 Å². The van der Waals surface area contributed by atoms with Crippen molar-refractivity contribution in [3.63, 3.8) is 0 Å². The second-order valence-corrected chi connectivity index (χ2v) is 26.1. The molecule has 87 heavy (non-hydrogen) atoms. The van der Waals surface area contributed by atoms with Gasteiger partial charge in [-0.1, -0.05) is 85.7 Å². The lowest BCUT2D eigenvalue weighted by molar-refractivity contribution is -0.148. The van der Waals surface area contributed by atoms with Gasteiger partial charge in [0.1, 0.15) is 40.7 Å². The maximum absolute atomic E-state index is 15.6. The van der Waals surface area contributed by atoms with Crippen LogP contribution in [0.25, 0.3) is 10.8 Å². The summed E-state index contributed by atoms with van der Waals surface area (Å²) in [5, 5.41) is 52.5. The summed E-state index contributed by atoms with van der Waals surface area (Å²) in [5.74, 6) is 7.34. The van der Waals surface area contributed by atoms with Crippen LogP contribution in [0.4, 0.5) is 5.69 Å². The summed E-state index contributed by atoms with van der Waals surface area (Å²) in [6, 6.07) is 20.6. The van der Waals surface area contributed by atoms with Gasteiger partial charge in [-0.05, 0) is 158 Å². The maximum atomic E-state index is 15.6. The van der Waals surface area contributed by atoms with Crippen molar-refractivity contribution in [2.24, 2.45) is 22.2 Å². The summed E-state index contributed by atoms with van der Waals surface area (Å²) in [7, 11) is 1.49. The normalized spacial score (nSPS) is 26.5. The van der Waals surface area contributed by atoms with Crippen LogP contribution in [0, 0.1) is 34.0 Å². The van der Waals surface area contributed by atoms with Crippen molar-refractivity contribution in [1.82, 2.24) is 14.9 Å². The molecule has 5 aliphatic carbocycles. The third kappa shape index (κ3) is 10.7. The Bertz CT molecular complexity index is 3920. The van der Waals surface area contributed by atoms with Crippen LogP contribution in [-0.4, -0.2) is 73.8 Å². The first-order chi connectivity index (χ1) is 42.0. The molecular formula is C73H78N4O10. The molecule has 3 spiro atoms. The number of aromatic nitrogens is 2. The van der Waals surface area contributed by atoms with E-state index in [0.717, 1.165) is 87.9 Å². The van der Waals surface area contributed by atoms with Gasteiger partial charge in [-0.3, -0.25) is 14.4 Å². The van der Waals surface area contributed by atoms with Gasteiger partial charge < -0.3 is 54.4 Å². The first kappa shape index (κ1) is 57.7. The van der Waals surface area contributed by atoms with Crippen molar-refractivity contribution in [3.8, 4) is 46.3 Å². The topological polar surface area (TPSA) is 196 Å². The number of hydrogen-bond acceptors (Lipinski definition) is 12. The van der Waals surface area contributed by atoms with Crippen molar-refractivity contribution in [3.05, 3.63) is 172 Å². The number of fused-ring (bicyclic) bond motifs is 3. The van der Waals surface area contributed by atoms with E-state index in [9.17, 15) is 30.0 Å². The lowest BCUT2D eigenvalue weighted by Crippen LogP contribution is -2.37. The summed E-state index contributed by atoms with van der Waals surface area (Å²) in [6.07, 6.45) is 25.7. The molecule has 6 N–H and O–H groups in total. The first-order valence-corrected chi connectivity index (χ1v) is 31.2. The number of nitrogens with one attached hydrogen (secondary N) is 2. The molecule has 450 valence electrons. The minimum Gasteiger partial charge on any atom is -0.508 e. The van der Waals surface area contributed by atoms with Gasteiger partial charge in [0.25, 0.3) is 0 Å². The third-order valence-corrected chi connectivity index (χ3v) is 20.8. The number of nitrogens with zero attached hydrogens (tertiary/aromatic N) is 2. The van der Waals surface area contributed by atoms with Gasteiger partial charge in [-0.15, -0.1) is 0 Å². The first-order valence-electron chi connectivity index (χ1n) is 31.2. The highest BCUT2D eigenvalue weighted by atomic mass is 16.5. The van der Waals surface area contributed by atoms with Crippen LogP contribution in [-0.2, 0) is 32.0 Å². The van der Waals surface area contributed by atoms with E-state index in [1.165, 1.54) is 44.6 Å². The van der Waals surface area contributed by atoms with Gasteiger partial charge in [0.15, 0.2) is 11.5 Å². The van der Waals surface area contributed by atoms with Crippen molar-refractivity contribution >= 4 is 34.0 Å². The Morgan fingerprint density at radius 2 is 1.70 bits per heavy atom. The number of Topliss-reactive ketones (excluding diaryl/α,β-unsaturated/α-hetero) is 2. The molecule has 7 aliphatic rings. The van der Waals surface area contributed by atoms with E-state index in [1.807, 2.05) is 12.1 Å². The number of carbonyl (C=O) groups excluding carboxylic acids is 3. The number of phenolic OH excluding ortho intramolecular Hbond substituents is 3. The Hall–Kier alpha value is -8.41. The zero-order valence-electron chi connectivity index (χ0n) is 50.2. The van der Waals surface area contributed by atoms with Crippen LogP contribution >= 0.6 is 0 Å². The Kier molecular flexibility index (Phi) is 15.3. The smallest absolute Gasteiger partial charge is 0.302 e. The summed E-state index contributed by atoms with van der Waals surface area (Å²) in [4.78, 5) is 48.0. The predicted octanol–water partition coefficient (Wildman–Crippen LogP) is 13.7. The van der Waals surface area contributed by atoms with Crippen molar-refractivity contribution in [2.75, 3.05) is 25.1 Å². The molecule has 8 unspecified atom stereocenters. The standard InChI is InChI=1S/C73H78N4O10/c1-44-11-7-13-51-14-9-18-57-59-41-74-40-50(59)38-73(44,51)26-21-56(86-46(3)79)36-54(82)37-62(49-32-64(83)69(65(33-49)85-4)87-55-17-10-16-53(81)35-55)77-42-60-61(20-19-58-68(60)63(77)39-72(70(58)84)28-27-71(43-72)24-5-6-25-71)76(30-23-45(2)78)66-34-48(22-29-75-66)67(57)47-12-8-15-52(80)31-47/h7-8,10-13,15-17,19-20,22,31-35,40-42,44,56-57,62,67,70,74-75,80-81,83-84H,5-6,14,21,23-30,36-39,43H2,1-4H3. The molecule has 13 rings (SSSR count). The van der Waals surface area contributed by atoms with Gasteiger partial charge in [-0.2, -0.15) is 0 Å². The molecule has 6 bridgehead atoms. The molecule has 2 aliphatic heterocycles. The fraction of sp³-hybridized carbons (Fsp3) is 0.411. The van der Waals surface area contributed by atoms with Gasteiger partial charge >= 0.3 is 5.97 Å². The lowest BCUT2D eigenvalue weighted by atomic mass is 9.61. The zero-order valence-corrected chi connectivity index (χ0v) is 50.2. The van der Waals surface area contributed by atoms with E-state index < -0.39 is 35.0 Å². The Balaban J connectivity index is 1.05. The Labute approximate surface area is 508 Å². The largest absolute Gasteiger partial charge is 0.508 e. The highest BCUT2D eigenvalue weighted by Gasteiger charge is 2.55. The maximum Gasteiger partial charge on any atom is 0.302 e. The molecule has 4 aromatic carbocycles. The number of benzene rings is 4. The molecule has 4 heterocycles. The number of hydrogen-bond donors (Lipinski definition) is 6. The van der Waals surface area contributed by atoms with E-state index in [0.29, 0.717) is 50.8 Å². The molecule has 0 radical (unpaired) electrons. The second-order valence-electron chi connectivity index (χ2n) is 26.1. The Morgan fingerprint density at radius 1 is 0.885 bits per heavy atom. The van der Waals surface area contributed by atoms with Gasteiger partial charge in [0.05, 0.1) is 30.9 Å². The van der Waals surface area contributed by atoms with Crippen LogP contribution in [0.15, 0.2) is 139 Å². The number of ether oxygens (including phenoxy) is 3. The number of methoxy groups -OCH3 is 1. The van der Waals surface area contributed by atoms with Gasteiger partial charge in [0, 0.05) is 104 Å². The monoisotopic (exact) mass is 1170 g/mol.